The standard InChI is InChI=1S/C31H36FN3O4S/c1-22-12-16-27(17-13-22)35(40(38,39)28-18-14-23(2)15-19-28)21-30(36)34(20-25-8-4-7-11-29(25)32)24(3)31(37)33-26-9-5-6-10-26/h4,7-8,11-19,24,26H,5-6,9-10,20-21H2,1-3H3,(H,33,37). The van der Waals surface area contributed by atoms with E-state index in [1.807, 2.05) is 13.8 Å². The molecule has 0 aliphatic heterocycles. The lowest BCUT2D eigenvalue weighted by Crippen LogP contribution is -2.52. The van der Waals surface area contributed by atoms with Gasteiger partial charge in [-0.15, -0.1) is 0 Å². The van der Waals surface area contributed by atoms with Gasteiger partial charge >= 0.3 is 0 Å². The highest BCUT2D eigenvalue weighted by atomic mass is 32.2. The fourth-order valence-corrected chi connectivity index (χ4v) is 6.28. The first-order valence-electron chi connectivity index (χ1n) is 13.6. The Morgan fingerprint density at radius 1 is 0.925 bits per heavy atom. The summed E-state index contributed by atoms with van der Waals surface area (Å²) in [7, 11) is -4.15. The van der Waals surface area contributed by atoms with Crippen molar-refractivity contribution in [3.63, 3.8) is 0 Å². The van der Waals surface area contributed by atoms with E-state index in [1.54, 1.807) is 61.5 Å². The van der Waals surface area contributed by atoms with Crippen molar-refractivity contribution < 1.29 is 22.4 Å². The number of nitrogens with zero attached hydrogens (tertiary/aromatic N) is 2. The molecule has 2 amide bonds. The van der Waals surface area contributed by atoms with Crippen molar-refractivity contribution >= 4 is 27.5 Å². The Bertz CT molecular complexity index is 1440. The van der Waals surface area contributed by atoms with Crippen LogP contribution in [0.1, 0.15) is 49.3 Å². The van der Waals surface area contributed by atoms with E-state index in [0.29, 0.717) is 5.69 Å². The van der Waals surface area contributed by atoms with Crippen LogP contribution in [-0.4, -0.2) is 43.8 Å². The maximum Gasteiger partial charge on any atom is 0.264 e. The second kappa shape index (κ2) is 12.6. The van der Waals surface area contributed by atoms with Crippen LogP contribution in [-0.2, 0) is 26.2 Å². The maximum absolute atomic E-state index is 14.7. The fourth-order valence-electron chi connectivity index (χ4n) is 4.86. The average Bonchev–Trinajstić information content (AvgIpc) is 3.44. The molecule has 0 spiro atoms. The van der Waals surface area contributed by atoms with Crippen molar-refractivity contribution in [3.05, 3.63) is 95.3 Å². The summed E-state index contributed by atoms with van der Waals surface area (Å²) in [6.07, 6.45) is 3.80. The van der Waals surface area contributed by atoms with E-state index in [0.717, 1.165) is 41.1 Å². The molecule has 1 fully saturated rings. The third-order valence-corrected chi connectivity index (χ3v) is 9.17. The Labute approximate surface area is 236 Å². The molecule has 1 saturated carbocycles. The summed E-state index contributed by atoms with van der Waals surface area (Å²) in [5.41, 5.74) is 2.38. The minimum atomic E-state index is -4.15. The van der Waals surface area contributed by atoms with Crippen LogP contribution in [0.15, 0.2) is 77.7 Å². The summed E-state index contributed by atoms with van der Waals surface area (Å²) in [5, 5.41) is 3.01. The summed E-state index contributed by atoms with van der Waals surface area (Å²) in [5.74, 6) is -1.47. The molecular formula is C31H36FN3O4S. The number of hydrogen-bond donors (Lipinski definition) is 1. The Morgan fingerprint density at radius 2 is 1.50 bits per heavy atom. The molecule has 1 atom stereocenters. The van der Waals surface area contributed by atoms with E-state index >= 15 is 0 Å². The predicted octanol–water partition coefficient (Wildman–Crippen LogP) is 5.11. The first kappa shape index (κ1) is 29.3. The maximum atomic E-state index is 14.7. The Balaban J connectivity index is 1.69. The van der Waals surface area contributed by atoms with Gasteiger partial charge < -0.3 is 10.2 Å². The normalized spacial score (nSPS) is 14.5. The van der Waals surface area contributed by atoms with Crippen LogP contribution < -0.4 is 9.62 Å². The highest BCUT2D eigenvalue weighted by Gasteiger charge is 2.33. The van der Waals surface area contributed by atoms with Crippen molar-refractivity contribution in [3.8, 4) is 0 Å². The number of aryl methyl sites for hydroxylation is 2. The van der Waals surface area contributed by atoms with E-state index in [1.165, 1.54) is 23.1 Å². The van der Waals surface area contributed by atoms with Gasteiger partial charge in [-0.25, -0.2) is 12.8 Å². The van der Waals surface area contributed by atoms with Gasteiger partial charge in [-0.05, 0) is 63.9 Å². The molecule has 7 nitrogen and oxygen atoms in total. The molecule has 0 heterocycles. The molecular weight excluding hydrogens is 529 g/mol. The van der Waals surface area contributed by atoms with E-state index in [4.69, 9.17) is 0 Å². The third kappa shape index (κ3) is 6.88. The molecule has 0 saturated heterocycles. The minimum absolute atomic E-state index is 0.0336. The molecule has 1 unspecified atom stereocenters. The van der Waals surface area contributed by atoms with Crippen molar-refractivity contribution in [1.82, 2.24) is 10.2 Å². The second-order valence-corrected chi connectivity index (χ2v) is 12.3. The average molecular weight is 566 g/mol. The topological polar surface area (TPSA) is 86.8 Å². The fraction of sp³-hybridized carbons (Fsp3) is 0.355. The zero-order chi connectivity index (χ0) is 28.9. The quantitative estimate of drug-likeness (QED) is 0.370. The van der Waals surface area contributed by atoms with E-state index in [9.17, 15) is 22.4 Å². The molecule has 9 heteroatoms. The molecule has 0 radical (unpaired) electrons. The van der Waals surface area contributed by atoms with Crippen LogP contribution in [0.4, 0.5) is 10.1 Å². The van der Waals surface area contributed by atoms with Gasteiger partial charge in [0.15, 0.2) is 0 Å². The Hall–Kier alpha value is -3.72. The van der Waals surface area contributed by atoms with E-state index in [-0.39, 0.29) is 29.0 Å². The number of anilines is 1. The number of hydrogen-bond acceptors (Lipinski definition) is 4. The number of carbonyl (C=O) groups is 2. The highest BCUT2D eigenvalue weighted by Crippen LogP contribution is 2.26. The van der Waals surface area contributed by atoms with Crippen molar-refractivity contribution in [1.29, 1.82) is 0 Å². The number of nitrogens with one attached hydrogen (secondary N) is 1. The summed E-state index contributed by atoms with van der Waals surface area (Å²) in [6, 6.07) is 18.4. The van der Waals surface area contributed by atoms with Crippen LogP contribution in [0.2, 0.25) is 0 Å². The van der Waals surface area contributed by atoms with Crippen molar-refractivity contribution in [2.24, 2.45) is 0 Å². The van der Waals surface area contributed by atoms with Gasteiger partial charge in [-0.1, -0.05) is 66.4 Å². The molecule has 1 N–H and O–H groups in total. The Morgan fingerprint density at radius 3 is 2.10 bits per heavy atom. The zero-order valence-corrected chi connectivity index (χ0v) is 24.0. The number of carbonyl (C=O) groups excluding carboxylic acids is 2. The molecule has 4 rings (SSSR count). The lowest BCUT2D eigenvalue weighted by molar-refractivity contribution is -0.139. The molecule has 212 valence electrons. The van der Waals surface area contributed by atoms with Crippen LogP contribution in [0.3, 0.4) is 0 Å². The van der Waals surface area contributed by atoms with Crippen LogP contribution >= 0.6 is 0 Å². The number of amides is 2. The molecule has 1 aliphatic carbocycles. The van der Waals surface area contributed by atoms with Crippen LogP contribution in [0, 0.1) is 19.7 Å². The third-order valence-electron chi connectivity index (χ3n) is 7.38. The summed E-state index contributed by atoms with van der Waals surface area (Å²) < 4.78 is 43.4. The second-order valence-electron chi connectivity index (χ2n) is 10.4. The van der Waals surface area contributed by atoms with Gasteiger partial charge in [0.25, 0.3) is 10.0 Å². The van der Waals surface area contributed by atoms with Crippen molar-refractivity contribution in [2.75, 3.05) is 10.8 Å². The SMILES string of the molecule is Cc1ccc(N(CC(=O)N(Cc2ccccc2F)C(C)C(=O)NC2CCCC2)S(=O)(=O)c2ccc(C)cc2)cc1. The van der Waals surface area contributed by atoms with Gasteiger partial charge in [-0.2, -0.15) is 0 Å². The van der Waals surface area contributed by atoms with Gasteiger partial charge in [0.2, 0.25) is 11.8 Å². The summed E-state index contributed by atoms with van der Waals surface area (Å²) in [6.45, 7) is 4.59. The smallest absolute Gasteiger partial charge is 0.264 e. The molecule has 3 aromatic carbocycles. The lowest BCUT2D eigenvalue weighted by atomic mass is 10.1. The molecule has 3 aromatic rings. The Kier molecular flexibility index (Phi) is 9.25. The van der Waals surface area contributed by atoms with Gasteiger partial charge in [0.05, 0.1) is 10.6 Å². The number of rotatable bonds is 10. The summed E-state index contributed by atoms with van der Waals surface area (Å²) in [4.78, 5) is 28.5. The monoisotopic (exact) mass is 565 g/mol. The molecule has 40 heavy (non-hydrogen) atoms. The summed E-state index contributed by atoms with van der Waals surface area (Å²) >= 11 is 0. The van der Waals surface area contributed by atoms with Gasteiger partial charge in [0.1, 0.15) is 18.4 Å². The first-order chi connectivity index (χ1) is 19.1. The number of benzene rings is 3. The van der Waals surface area contributed by atoms with Gasteiger partial charge in [0, 0.05) is 18.2 Å². The zero-order valence-electron chi connectivity index (χ0n) is 23.1. The first-order valence-corrected chi connectivity index (χ1v) is 15.0. The van der Waals surface area contributed by atoms with E-state index in [2.05, 4.69) is 5.32 Å². The van der Waals surface area contributed by atoms with Crippen molar-refractivity contribution in [2.45, 2.75) is 70.0 Å². The lowest BCUT2D eigenvalue weighted by Gasteiger charge is -2.32. The van der Waals surface area contributed by atoms with Crippen LogP contribution in [0.25, 0.3) is 0 Å². The molecule has 0 aromatic heterocycles. The van der Waals surface area contributed by atoms with Gasteiger partial charge in [-0.3, -0.25) is 13.9 Å². The van der Waals surface area contributed by atoms with E-state index < -0.39 is 34.3 Å². The van der Waals surface area contributed by atoms with Crippen LogP contribution in [0.5, 0.6) is 0 Å². The number of halogens is 1. The molecule has 0 bridgehead atoms. The number of sulfonamides is 1. The highest BCUT2D eigenvalue weighted by molar-refractivity contribution is 7.92. The molecule has 1 aliphatic rings. The largest absolute Gasteiger partial charge is 0.352 e. The predicted molar refractivity (Wildman–Crippen MR) is 154 cm³/mol. The minimum Gasteiger partial charge on any atom is -0.352 e.